The molecule has 0 aromatic carbocycles. The summed E-state index contributed by atoms with van der Waals surface area (Å²) in [6, 6.07) is 1.97. The second-order valence-electron chi connectivity index (χ2n) is 5.44. The molecule has 1 aliphatic rings. The van der Waals surface area contributed by atoms with Crippen LogP contribution in [0.2, 0.25) is 5.02 Å². The molecule has 1 aromatic rings. The fourth-order valence-corrected chi connectivity index (χ4v) is 4.15. The maximum Gasteiger partial charge on any atom is 0.305 e. The second kappa shape index (κ2) is 6.25. The van der Waals surface area contributed by atoms with Crippen LogP contribution in [0.25, 0.3) is 0 Å². The molecule has 0 atom stereocenters. The van der Waals surface area contributed by atoms with Crippen molar-refractivity contribution in [2.45, 2.75) is 50.6 Å². The third kappa shape index (κ3) is 3.71. The van der Waals surface area contributed by atoms with Gasteiger partial charge in [0.05, 0.1) is 11.4 Å². The Morgan fingerprint density at radius 1 is 1.47 bits per heavy atom. The highest BCUT2D eigenvalue weighted by atomic mass is 35.5. The van der Waals surface area contributed by atoms with Crippen molar-refractivity contribution in [2.24, 2.45) is 0 Å². The summed E-state index contributed by atoms with van der Waals surface area (Å²) in [6.45, 7) is 0.782. The van der Waals surface area contributed by atoms with E-state index in [2.05, 4.69) is 4.90 Å². The van der Waals surface area contributed by atoms with Crippen molar-refractivity contribution < 1.29 is 9.90 Å². The Morgan fingerprint density at radius 2 is 2.16 bits per heavy atom. The average Bonchev–Trinajstić information content (AvgIpc) is 2.75. The summed E-state index contributed by atoms with van der Waals surface area (Å²) in [5.74, 6) is -0.696. The molecule has 0 spiro atoms. The third-order valence-electron chi connectivity index (χ3n) is 4.09. The molecule has 0 radical (unpaired) electrons. The number of thiophene rings is 1. The van der Waals surface area contributed by atoms with Gasteiger partial charge in [-0.25, -0.2) is 0 Å². The van der Waals surface area contributed by atoms with Crippen LogP contribution in [0.3, 0.4) is 0 Å². The maximum absolute atomic E-state index is 11.2. The van der Waals surface area contributed by atoms with Crippen molar-refractivity contribution in [2.75, 3.05) is 7.05 Å². The predicted octanol–water partition coefficient (Wildman–Crippen LogP) is 4.01. The second-order valence-corrected chi connectivity index (χ2v) is 6.88. The molecule has 0 amide bonds. The lowest BCUT2D eigenvalue weighted by Gasteiger charge is -2.43. The van der Waals surface area contributed by atoms with Crippen molar-refractivity contribution in [3.8, 4) is 0 Å². The molecule has 2 rings (SSSR count). The van der Waals surface area contributed by atoms with Crippen molar-refractivity contribution in [3.05, 3.63) is 21.3 Å². The number of rotatable bonds is 5. The summed E-state index contributed by atoms with van der Waals surface area (Å²) >= 11 is 7.58. The van der Waals surface area contributed by atoms with Crippen LogP contribution >= 0.6 is 22.9 Å². The lowest BCUT2D eigenvalue weighted by molar-refractivity contribution is -0.141. The van der Waals surface area contributed by atoms with Crippen molar-refractivity contribution in [1.29, 1.82) is 0 Å². The molecule has 0 unspecified atom stereocenters. The van der Waals surface area contributed by atoms with Crippen LogP contribution in [0.15, 0.2) is 11.4 Å². The molecular weight excluding hydrogens is 282 g/mol. The maximum atomic E-state index is 11.2. The highest BCUT2D eigenvalue weighted by molar-refractivity contribution is 7.10. The van der Waals surface area contributed by atoms with Gasteiger partial charge in [0.25, 0.3) is 0 Å². The minimum absolute atomic E-state index is 0.180. The van der Waals surface area contributed by atoms with Gasteiger partial charge in [0.2, 0.25) is 0 Å². The fraction of sp³-hybridized carbons (Fsp3) is 0.643. The lowest BCUT2D eigenvalue weighted by atomic mass is 9.78. The molecule has 0 bridgehead atoms. The molecular formula is C14H20ClNO2S. The number of nitrogens with zero attached hydrogens (tertiary/aromatic N) is 1. The summed E-state index contributed by atoms with van der Waals surface area (Å²) in [7, 11) is 2.04. The molecule has 1 fully saturated rings. The van der Waals surface area contributed by atoms with E-state index in [0.717, 1.165) is 37.3 Å². The van der Waals surface area contributed by atoms with Crippen LogP contribution in [0.4, 0.5) is 0 Å². The van der Waals surface area contributed by atoms with Gasteiger partial charge in [0.15, 0.2) is 0 Å². The van der Waals surface area contributed by atoms with E-state index in [0.29, 0.717) is 0 Å². The van der Waals surface area contributed by atoms with E-state index in [1.165, 1.54) is 11.3 Å². The van der Waals surface area contributed by atoms with E-state index in [9.17, 15) is 9.90 Å². The Bertz CT molecular complexity index is 440. The molecule has 1 aromatic heterocycles. The SMILES string of the molecule is CN(Cc1cc(Cl)cs1)C1(CC(=O)O)CCCCC1. The van der Waals surface area contributed by atoms with Crippen LogP contribution in [0.5, 0.6) is 0 Å². The molecule has 5 heteroatoms. The smallest absolute Gasteiger partial charge is 0.305 e. The first-order chi connectivity index (χ1) is 9.02. The molecule has 3 nitrogen and oxygen atoms in total. The zero-order valence-corrected chi connectivity index (χ0v) is 12.8. The van der Waals surface area contributed by atoms with E-state index in [4.69, 9.17) is 11.6 Å². The van der Waals surface area contributed by atoms with Gasteiger partial charge in [0, 0.05) is 22.3 Å². The van der Waals surface area contributed by atoms with E-state index < -0.39 is 5.97 Å². The molecule has 106 valence electrons. The number of aliphatic carboxylic acids is 1. The van der Waals surface area contributed by atoms with Crippen LogP contribution < -0.4 is 0 Å². The summed E-state index contributed by atoms with van der Waals surface area (Å²) in [5.41, 5.74) is -0.180. The minimum Gasteiger partial charge on any atom is -0.481 e. The molecule has 1 saturated carbocycles. The van der Waals surface area contributed by atoms with Gasteiger partial charge in [-0.15, -0.1) is 11.3 Å². The largest absolute Gasteiger partial charge is 0.481 e. The first-order valence-electron chi connectivity index (χ1n) is 6.68. The summed E-state index contributed by atoms with van der Waals surface area (Å²) in [6.07, 6.45) is 5.68. The third-order valence-corrected chi connectivity index (χ3v) is 5.36. The van der Waals surface area contributed by atoms with Gasteiger partial charge >= 0.3 is 5.97 Å². The zero-order valence-electron chi connectivity index (χ0n) is 11.2. The van der Waals surface area contributed by atoms with Crippen molar-refractivity contribution in [3.63, 3.8) is 0 Å². The van der Waals surface area contributed by atoms with Crippen molar-refractivity contribution in [1.82, 2.24) is 4.90 Å². The van der Waals surface area contributed by atoms with Gasteiger partial charge in [-0.1, -0.05) is 30.9 Å². The topological polar surface area (TPSA) is 40.5 Å². The molecule has 0 saturated heterocycles. The molecule has 1 N–H and O–H groups in total. The van der Waals surface area contributed by atoms with E-state index in [1.807, 2.05) is 18.5 Å². The summed E-state index contributed by atoms with van der Waals surface area (Å²) in [5, 5.41) is 11.9. The van der Waals surface area contributed by atoms with Gasteiger partial charge in [0.1, 0.15) is 0 Å². The van der Waals surface area contributed by atoms with Crippen LogP contribution in [0, 0.1) is 0 Å². The van der Waals surface area contributed by atoms with Gasteiger partial charge in [-0.05, 0) is 26.0 Å². The van der Waals surface area contributed by atoms with Gasteiger partial charge < -0.3 is 5.11 Å². The molecule has 1 aliphatic carbocycles. The Kier molecular flexibility index (Phi) is 4.87. The predicted molar refractivity (Wildman–Crippen MR) is 78.9 cm³/mol. The van der Waals surface area contributed by atoms with Gasteiger partial charge in [-0.2, -0.15) is 0 Å². The first kappa shape index (κ1) is 14.8. The summed E-state index contributed by atoms with van der Waals surface area (Å²) < 4.78 is 0. The van der Waals surface area contributed by atoms with Gasteiger partial charge in [-0.3, -0.25) is 9.69 Å². The van der Waals surface area contributed by atoms with E-state index >= 15 is 0 Å². The average molecular weight is 302 g/mol. The monoisotopic (exact) mass is 301 g/mol. The fourth-order valence-electron chi connectivity index (χ4n) is 3.02. The first-order valence-corrected chi connectivity index (χ1v) is 7.93. The number of hydrogen-bond donors (Lipinski definition) is 1. The Hall–Kier alpha value is -0.580. The van der Waals surface area contributed by atoms with Crippen molar-refractivity contribution >= 4 is 28.9 Å². The van der Waals surface area contributed by atoms with Crippen LogP contribution in [-0.2, 0) is 11.3 Å². The van der Waals surface area contributed by atoms with E-state index in [-0.39, 0.29) is 12.0 Å². The van der Waals surface area contributed by atoms with E-state index in [1.54, 1.807) is 11.3 Å². The minimum atomic E-state index is -0.696. The zero-order chi connectivity index (χ0) is 13.9. The number of carboxylic acid groups (broad SMARTS) is 1. The standard InChI is InChI=1S/C14H20ClNO2S/c1-16(9-12-7-11(15)10-19-12)14(8-13(17)18)5-3-2-4-6-14/h7,10H,2-6,8-9H2,1H3,(H,17,18). The number of carbonyl (C=O) groups is 1. The highest BCUT2D eigenvalue weighted by Crippen LogP contribution is 2.37. The Labute approximate surface area is 123 Å². The lowest BCUT2D eigenvalue weighted by Crippen LogP contribution is -2.48. The van der Waals surface area contributed by atoms with Crippen LogP contribution in [0.1, 0.15) is 43.4 Å². The highest BCUT2D eigenvalue weighted by Gasteiger charge is 2.38. The molecule has 19 heavy (non-hydrogen) atoms. The number of halogens is 1. The Balaban J connectivity index is 2.10. The Morgan fingerprint density at radius 3 is 2.68 bits per heavy atom. The quantitative estimate of drug-likeness (QED) is 0.893. The van der Waals surface area contributed by atoms with Crippen LogP contribution in [-0.4, -0.2) is 28.6 Å². The number of hydrogen-bond acceptors (Lipinski definition) is 3. The normalized spacial score (nSPS) is 18.7. The summed E-state index contributed by atoms with van der Waals surface area (Å²) in [4.78, 5) is 14.6. The number of carboxylic acids is 1. The molecule has 1 heterocycles. The molecule has 0 aliphatic heterocycles.